The van der Waals surface area contributed by atoms with Crippen LogP contribution in [-0.2, 0) is 13.2 Å². The molecule has 36 heavy (non-hydrogen) atoms. The van der Waals surface area contributed by atoms with Gasteiger partial charge in [0, 0.05) is 11.3 Å². The number of halogens is 1. The van der Waals surface area contributed by atoms with Gasteiger partial charge in [-0.1, -0.05) is 12.1 Å². The molecule has 0 radical (unpaired) electrons. The molecule has 0 unspecified atom stereocenters. The number of hydrogen-bond acceptors (Lipinski definition) is 9. The molecule has 1 N–H and O–H groups in total. The quantitative estimate of drug-likeness (QED) is 0.326. The van der Waals surface area contributed by atoms with E-state index in [1.807, 2.05) is 31.2 Å². The van der Waals surface area contributed by atoms with Crippen molar-refractivity contribution in [3.8, 4) is 16.9 Å². The van der Waals surface area contributed by atoms with Crippen molar-refractivity contribution < 1.29 is 13.5 Å². The second-order valence-electron chi connectivity index (χ2n) is 8.72. The van der Waals surface area contributed by atoms with E-state index in [-0.39, 0.29) is 12.4 Å². The van der Waals surface area contributed by atoms with Gasteiger partial charge in [-0.15, -0.1) is 10.2 Å². The average molecular weight is 484 g/mol. The molecule has 0 saturated heterocycles. The molecule has 3 aromatic heterocycles. The molecule has 2 aromatic carbocycles. The topological polar surface area (TPSA) is 112 Å². The predicted octanol–water partition coefficient (Wildman–Crippen LogP) is 4.99. The van der Waals surface area contributed by atoms with Gasteiger partial charge in [0.1, 0.15) is 29.2 Å². The molecule has 1 aliphatic rings. The predicted molar refractivity (Wildman–Crippen MR) is 130 cm³/mol. The monoisotopic (exact) mass is 483 g/mol. The van der Waals surface area contributed by atoms with E-state index in [9.17, 15) is 4.39 Å². The van der Waals surface area contributed by atoms with E-state index in [4.69, 9.17) is 9.15 Å². The van der Waals surface area contributed by atoms with Gasteiger partial charge in [0.05, 0.1) is 17.9 Å². The summed E-state index contributed by atoms with van der Waals surface area (Å²) < 4.78 is 25.4. The lowest BCUT2D eigenvalue weighted by molar-refractivity contribution is 0.261. The van der Waals surface area contributed by atoms with E-state index in [0.29, 0.717) is 41.3 Å². The summed E-state index contributed by atoms with van der Waals surface area (Å²) in [5.74, 6) is 2.27. The van der Waals surface area contributed by atoms with Crippen molar-refractivity contribution in [3.05, 3.63) is 83.8 Å². The fourth-order valence-electron chi connectivity index (χ4n) is 3.85. The summed E-state index contributed by atoms with van der Waals surface area (Å²) in [7, 11) is 0. The first-order chi connectivity index (χ1) is 17.6. The highest BCUT2D eigenvalue weighted by Crippen LogP contribution is 2.39. The Kier molecular flexibility index (Phi) is 5.68. The first kappa shape index (κ1) is 22.0. The Morgan fingerprint density at radius 1 is 0.972 bits per heavy atom. The van der Waals surface area contributed by atoms with Crippen LogP contribution in [0.4, 0.5) is 10.2 Å². The molecular weight excluding hydrogens is 461 g/mol. The molecule has 0 aliphatic heterocycles. The summed E-state index contributed by atoms with van der Waals surface area (Å²) in [5.41, 5.74) is 3.91. The number of aryl methyl sites for hydroxylation is 1. The van der Waals surface area contributed by atoms with E-state index in [0.717, 1.165) is 40.7 Å². The smallest absolute Gasteiger partial charge is 0.253 e. The molecule has 0 bridgehead atoms. The standard InChI is InChI=1S/C26H22FN7O2/c1-15-2-9-20(32-31-15)12-28-25-21-10-18(16-5-7-19(27)8-6-16)11-22(24(21)29-14-30-25)35-13-23-33-34-26(36-23)17-3-4-17/h2,5-11,14,17H,3-4,12-13H2,1H3,(H,28,29,30). The lowest BCUT2D eigenvalue weighted by atomic mass is 10.0. The third-order valence-electron chi connectivity index (χ3n) is 5.93. The number of fused-ring (bicyclic) bond motifs is 1. The molecule has 10 heteroatoms. The summed E-state index contributed by atoms with van der Waals surface area (Å²) in [5, 5.41) is 20.6. The Hall–Kier alpha value is -4.47. The van der Waals surface area contributed by atoms with Gasteiger partial charge in [0.25, 0.3) is 5.89 Å². The van der Waals surface area contributed by atoms with Gasteiger partial charge < -0.3 is 14.5 Å². The van der Waals surface area contributed by atoms with Gasteiger partial charge in [-0.25, -0.2) is 14.4 Å². The maximum absolute atomic E-state index is 13.6. The van der Waals surface area contributed by atoms with E-state index >= 15 is 0 Å². The number of hydrogen-bond donors (Lipinski definition) is 1. The van der Waals surface area contributed by atoms with Gasteiger partial charge in [-0.2, -0.15) is 10.2 Å². The molecule has 9 nitrogen and oxygen atoms in total. The van der Waals surface area contributed by atoms with Gasteiger partial charge in [0.2, 0.25) is 5.89 Å². The molecule has 5 aromatic rings. The first-order valence-electron chi connectivity index (χ1n) is 11.7. The molecule has 1 aliphatic carbocycles. The van der Waals surface area contributed by atoms with Crippen molar-refractivity contribution in [1.29, 1.82) is 0 Å². The van der Waals surface area contributed by atoms with Crippen LogP contribution >= 0.6 is 0 Å². The van der Waals surface area contributed by atoms with E-state index in [1.165, 1.54) is 18.5 Å². The van der Waals surface area contributed by atoms with Crippen molar-refractivity contribution in [2.24, 2.45) is 0 Å². The number of rotatable bonds is 8. The normalized spacial score (nSPS) is 13.2. The second-order valence-corrected chi connectivity index (χ2v) is 8.72. The molecule has 180 valence electrons. The van der Waals surface area contributed by atoms with Crippen LogP contribution in [0.15, 0.2) is 59.3 Å². The van der Waals surface area contributed by atoms with Crippen LogP contribution < -0.4 is 10.1 Å². The Bertz CT molecular complexity index is 1520. The van der Waals surface area contributed by atoms with Crippen LogP contribution in [0.5, 0.6) is 5.75 Å². The van der Waals surface area contributed by atoms with Crippen LogP contribution in [-0.4, -0.2) is 30.4 Å². The number of benzene rings is 2. The van der Waals surface area contributed by atoms with Gasteiger partial charge in [-0.05, 0) is 67.3 Å². The van der Waals surface area contributed by atoms with E-state index in [2.05, 4.69) is 35.7 Å². The molecule has 1 fully saturated rings. The number of nitrogens with one attached hydrogen (secondary N) is 1. The molecule has 1 saturated carbocycles. The van der Waals surface area contributed by atoms with Crippen molar-refractivity contribution in [2.45, 2.75) is 38.8 Å². The van der Waals surface area contributed by atoms with Gasteiger partial charge in [0.15, 0.2) is 6.61 Å². The van der Waals surface area contributed by atoms with Gasteiger partial charge in [-0.3, -0.25) is 0 Å². The molecule has 6 rings (SSSR count). The van der Waals surface area contributed by atoms with Crippen LogP contribution in [0, 0.1) is 12.7 Å². The highest BCUT2D eigenvalue weighted by atomic mass is 19.1. The van der Waals surface area contributed by atoms with Crippen molar-refractivity contribution in [3.63, 3.8) is 0 Å². The fraction of sp³-hybridized carbons (Fsp3) is 0.231. The third kappa shape index (κ3) is 4.70. The van der Waals surface area contributed by atoms with E-state index < -0.39 is 0 Å². The third-order valence-corrected chi connectivity index (χ3v) is 5.93. The summed E-state index contributed by atoms with van der Waals surface area (Å²) in [6.45, 7) is 2.43. The average Bonchev–Trinajstić information content (AvgIpc) is 3.65. The summed E-state index contributed by atoms with van der Waals surface area (Å²) in [6.07, 6.45) is 3.63. The lowest BCUT2D eigenvalue weighted by Crippen LogP contribution is -2.06. The zero-order chi connectivity index (χ0) is 24.5. The Labute approximate surface area is 205 Å². The van der Waals surface area contributed by atoms with Crippen molar-refractivity contribution >= 4 is 16.7 Å². The highest BCUT2D eigenvalue weighted by molar-refractivity contribution is 5.96. The summed E-state index contributed by atoms with van der Waals surface area (Å²) in [4.78, 5) is 8.93. The number of nitrogens with zero attached hydrogens (tertiary/aromatic N) is 6. The van der Waals surface area contributed by atoms with Crippen LogP contribution in [0.1, 0.15) is 41.9 Å². The maximum Gasteiger partial charge on any atom is 0.253 e. The number of ether oxygens (including phenoxy) is 1. The van der Waals surface area contributed by atoms with Crippen molar-refractivity contribution in [2.75, 3.05) is 5.32 Å². The summed E-state index contributed by atoms with van der Waals surface area (Å²) >= 11 is 0. The zero-order valence-electron chi connectivity index (χ0n) is 19.5. The molecule has 0 spiro atoms. The number of aromatic nitrogens is 6. The van der Waals surface area contributed by atoms with Crippen LogP contribution in [0.3, 0.4) is 0 Å². The SMILES string of the molecule is Cc1ccc(CNc2ncnc3c(OCc4nnc(C5CC5)o4)cc(-c4ccc(F)cc4)cc23)nn1. The Morgan fingerprint density at radius 2 is 1.83 bits per heavy atom. The van der Waals surface area contributed by atoms with Gasteiger partial charge >= 0.3 is 0 Å². The van der Waals surface area contributed by atoms with Crippen LogP contribution in [0.2, 0.25) is 0 Å². The molecule has 0 atom stereocenters. The fourth-order valence-corrected chi connectivity index (χ4v) is 3.85. The maximum atomic E-state index is 13.6. The minimum Gasteiger partial charge on any atom is -0.481 e. The Balaban J connectivity index is 1.35. The molecular formula is C26H22FN7O2. The first-order valence-corrected chi connectivity index (χ1v) is 11.7. The lowest BCUT2D eigenvalue weighted by Gasteiger charge is -2.13. The second kappa shape index (κ2) is 9.29. The van der Waals surface area contributed by atoms with Crippen molar-refractivity contribution in [1.82, 2.24) is 30.4 Å². The summed E-state index contributed by atoms with van der Waals surface area (Å²) in [6, 6.07) is 13.9. The van der Waals surface area contributed by atoms with Crippen LogP contribution in [0.25, 0.3) is 22.0 Å². The van der Waals surface area contributed by atoms with E-state index in [1.54, 1.807) is 12.1 Å². The largest absolute Gasteiger partial charge is 0.481 e. The molecule has 0 amide bonds. The minimum atomic E-state index is -0.302. The Morgan fingerprint density at radius 3 is 2.61 bits per heavy atom. The number of anilines is 1. The highest BCUT2D eigenvalue weighted by Gasteiger charge is 2.29. The minimum absolute atomic E-state index is 0.105. The molecule has 3 heterocycles. The zero-order valence-corrected chi connectivity index (χ0v) is 19.5.